The van der Waals surface area contributed by atoms with E-state index in [-0.39, 0.29) is 30.1 Å². The van der Waals surface area contributed by atoms with Crippen LogP contribution < -0.4 is 15.4 Å². The Morgan fingerprint density at radius 3 is 2.40 bits per heavy atom. The number of hydrogen-bond donors (Lipinski definition) is 3. The van der Waals surface area contributed by atoms with Crippen molar-refractivity contribution in [3.8, 4) is 5.75 Å². The first-order chi connectivity index (χ1) is 11.6. The zero-order valence-electron chi connectivity index (χ0n) is 15.5. The normalized spacial score (nSPS) is 20.6. The van der Waals surface area contributed by atoms with Crippen LogP contribution >= 0.6 is 24.0 Å². The number of nitrogens with one attached hydrogen (secondary N) is 2. The van der Waals surface area contributed by atoms with Crippen molar-refractivity contribution in [1.82, 2.24) is 10.6 Å². The van der Waals surface area contributed by atoms with Crippen LogP contribution in [0.25, 0.3) is 0 Å². The highest BCUT2D eigenvalue weighted by Crippen LogP contribution is 2.18. The summed E-state index contributed by atoms with van der Waals surface area (Å²) >= 11 is 0. The van der Waals surface area contributed by atoms with Gasteiger partial charge in [-0.2, -0.15) is 0 Å². The van der Waals surface area contributed by atoms with Crippen molar-refractivity contribution in [2.45, 2.75) is 58.6 Å². The molecule has 142 valence electrons. The van der Waals surface area contributed by atoms with Gasteiger partial charge < -0.3 is 20.5 Å². The topological polar surface area (TPSA) is 65.9 Å². The van der Waals surface area contributed by atoms with Crippen LogP contribution in [0.1, 0.15) is 43.7 Å². The highest BCUT2D eigenvalue weighted by atomic mass is 127. The lowest BCUT2D eigenvalue weighted by atomic mass is 9.93. The zero-order chi connectivity index (χ0) is 17.4. The molecule has 2 rings (SSSR count). The monoisotopic (exact) mass is 461 g/mol. The van der Waals surface area contributed by atoms with E-state index in [1.165, 1.54) is 11.1 Å². The fourth-order valence-electron chi connectivity index (χ4n) is 3.07. The Labute approximate surface area is 168 Å². The van der Waals surface area contributed by atoms with E-state index in [9.17, 15) is 5.11 Å². The fraction of sp³-hybridized carbons (Fsp3) is 0.632. The Morgan fingerprint density at radius 2 is 1.80 bits per heavy atom. The summed E-state index contributed by atoms with van der Waals surface area (Å²) in [5, 5.41) is 16.3. The number of aryl methyl sites for hydroxylation is 2. The number of rotatable bonds is 6. The van der Waals surface area contributed by atoms with Crippen LogP contribution in [-0.4, -0.2) is 42.9 Å². The van der Waals surface area contributed by atoms with E-state index in [4.69, 9.17) is 4.74 Å². The lowest BCUT2D eigenvalue weighted by molar-refractivity contribution is 0.120. The molecule has 0 heterocycles. The van der Waals surface area contributed by atoms with Crippen LogP contribution in [0.4, 0.5) is 0 Å². The Hall–Kier alpha value is -1.02. The van der Waals surface area contributed by atoms with Gasteiger partial charge in [-0.15, -0.1) is 24.0 Å². The Kier molecular flexibility index (Phi) is 10.2. The molecule has 1 aliphatic rings. The second kappa shape index (κ2) is 11.6. The maximum Gasteiger partial charge on any atom is 0.191 e. The molecule has 0 amide bonds. The van der Waals surface area contributed by atoms with Crippen LogP contribution in [0, 0.1) is 13.8 Å². The summed E-state index contributed by atoms with van der Waals surface area (Å²) < 4.78 is 5.80. The first kappa shape index (κ1) is 22.0. The molecule has 0 saturated heterocycles. The van der Waals surface area contributed by atoms with Gasteiger partial charge in [0.25, 0.3) is 0 Å². The van der Waals surface area contributed by atoms with E-state index in [1.807, 2.05) is 12.1 Å². The third-order valence-electron chi connectivity index (χ3n) is 4.21. The van der Waals surface area contributed by atoms with Gasteiger partial charge in [-0.05, 0) is 69.7 Å². The van der Waals surface area contributed by atoms with Crippen LogP contribution in [0.5, 0.6) is 5.75 Å². The zero-order valence-corrected chi connectivity index (χ0v) is 17.9. The molecule has 1 aromatic carbocycles. The number of nitrogens with zero attached hydrogens (tertiary/aromatic N) is 1. The van der Waals surface area contributed by atoms with Crippen molar-refractivity contribution >= 4 is 29.9 Å². The molecule has 5 nitrogen and oxygen atoms in total. The number of hydrogen-bond acceptors (Lipinski definition) is 3. The molecule has 1 aliphatic carbocycles. The highest BCUT2D eigenvalue weighted by molar-refractivity contribution is 14.0. The predicted molar refractivity (Wildman–Crippen MR) is 114 cm³/mol. The van der Waals surface area contributed by atoms with Gasteiger partial charge in [0.05, 0.1) is 12.6 Å². The quantitative estimate of drug-likeness (QED) is 0.264. The summed E-state index contributed by atoms with van der Waals surface area (Å²) in [5.41, 5.74) is 2.42. The number of guanidine groups is 1. The van der Waals surface area contributed by atoms with Gasteiger partial charge in [-0.3, -0.25) is 0 Å². The number of ether oxygens (including phenoxy) is 1. The van der Waals surface area contributed by atoms with Crippen molar-refractivity contribution in [1.29, 1.82) is 0 Å². The van der Waals surface area contributed by atoms with E-state index >= 15 is 0 Å². The lowest BCUT2D eigenvalue weighted by Gasteiger charge is -2.27. The molecule has 1 saturated carbocycles. The van der Waals surface area contributed by atoms with Gasteiger partial charge in [0, 0.05) is 12.6 Å². The second-order valence-corrected chi connectivity index (χ2v) is 6.58. The van der Waals surface area contributed by atoms with Crippen LogP contribution in [0.15, 0.2) is 23.2 Å². The molecule has 0 aromatic heterocycles. The van der Waals surface area contributed by atoms with Crippen molar-refractivity contribution in [3.63, 3.8) is 0 Å². The van der Waals surface area contributed by atoms with Crippen molar-refractivity contribution < 1.29 is 9.84 Å². The molecule has 0 aliphatic heterocycles. The second-order valence-electron chi connectivity index (χ2n) is 6.58. The molecule has 25 heavy (non-hydrogen) atoms. The summed E-state index contributed by atoms with van der Waals surface area (Å²) in [6.07, 6.45) is 3.59. The number of aliphatic hydroxyl groups excluding tert-OH is 1. The van der Waals surface area contributed by atoms with E-state index < -0.39 is 0 Å². The van der Waals surface area contributed by atoms with Gasteiger partial charge in [0.15, 0.2) is 5.96 Å². The van der Waals surface area contributed by atoms with Gasteiger partial charge in [0.2, 0.25) is 0 Å². The molecule has 0 atom stereocenters. The van der Waals surface area contributed by atoms with Gasteiger partial charge >= 0.3 is 0 Å². The predicted octanol–water partition coefficient (Wildman–Crippen LogP) is 3.16. The Bertz CT molecular complexity index is 523. The fourth-order valence-corrected chi connectivity index (χ4v) is 3.07. The molecule has 1 aromatic rings. The maximum atomic E-state index is 9.59. The molecule has 3 N–H and O–H groups in total. The summed E-state index contributed by atoms with van der Waals surface area (Å²) in [4.78, 5) is 4.59. The SMILES string of the molecule is CCNC(=NCCOc1cc(C)cc(C)c1)NC1CCC(O)CC1.I. The van der Waals surface area contributed by atoms with E-state index in [1.54, 1.807) is 0 Å². The van der Waals surface area contributed by atoms with Gasteiger partial charge in [-0.25, -0.2) is 4.99 Å². The summed E-state index contributed by atoms with van der Waals surface area (Å²) in [5.74, 6) is 1.74. The molecule has 1 fully saturated rings. The van der Waals surface area contributed by atoms with Crippen LogP contribution in [0.2, 0.25) is 0 Å². The molecule has 0 unspecified atom stereocenters. The van der Waals surface area contributed by atoms with Crippen LogP contribution in [-0.2, 0) is 0 Å². The van der Waals surface area contributed by atoms with E-state index in [0.29, 0.717) is 19.2 Å². The Morgan fingerprint density at radius 1 is 1.16 bits per heavy atom. The molecular weight excluding hydrogens is 429 g/mol. The average Bonchev–Trinajstić information content (AvgIpc) is 2.53. The van der Waals surface area contributed by atoms with Gasteiger partial charge in [0.1, 0.15) is 12.4 Å². The molecule has 0 bridgehead atoms. The molecule has 6 heteroatoms. The maximum absolute atomic E-state index is 9.59. The summed E-state index contributed by atoms with van der Waals surface area (Å²) in [6.45, 7) is 8.21. The average molecular weight is 461 g/mol. The first-order valence-electron chi connectivity index (χ1n) is 9.01. The minimum atomic E-state index is -0.131. The van der Waals surface area contributed by atoms with E-state index in [0.717, 1.165) is 43.9 Å². The van der Waals surface area contributed by atoms with Crippen LogP contribution in [0.3, 0.4) is 0 Å². The van der Waals surface area contributed by atoms with Gasteiger partial charge in [-0.1, -0.05) is 6.07 Å². The van der Waals surface area contributed by atoms with Crippen molar-refractivity contribution in [2.24, 2.45) is 4.99 Å². The first-order valence-corrected chi connectivity index (χ1v) is 9.01. The number of benzene rings is 1. The smallest absolute Gasteiger partial charge is 0.191 e. The van der Waals surface area contributed by atoms with E-state index in [2.05, 4.69) is 42.5 Å². The summed E-state index contributed by atoms with van der Waals surface area (Å²) in [7, 11) is 0. The minimum absolute atomic E-state index is 0. The summed E-state index contributed by atoms with van der Waals surface area (Å²) in [6, 6.07) is 6.63. The standard InChI is InChI=1S/C19H31N3O2.HI/c1-4-20-19(22-16-5-7-17(23)8-6-16)21-9-10-24-18-12-14(2)11-15(3)13-18;/h11-13,16-17,23H,4-10H2,1-3H3,(H2,20,21,22);1H. The number of aliphatic imine (C=N–C) groups is 1. The number of aliphatic hydroxyl groups is 1. The Balaban J connectivity index is 0.00000312. The third kappa shape index (κ3) is 8.27. The minimum Gasteiger partial charge on any atom is -0.492 e. The third-order valence-corrected chi connectivity index (χ3v) is 4.21. The molecule has 0 radical (unpaired) electrons. The highest BCUT2D eigenvalue weighted by Gasteiger charge is 2.19. The van der Waals surface area contributed by atoms with Crippen molar-refractivity contribution in [2.75, 3.05) is 19.7 Å². The number of halogens is 1. The van der Waals surface area contributed by atoms with Crippen molar-refractivity contribution in [3.05, 3.63) is 29.3 Å². The molecule has 0 spiro atoms. The lowest BCUT2D eigenvalue weighted by Crippen LogP contribution is -2.45. The largest absolute Gasteiger partial charge is 0.492 e. The molecular formula is C19H32IN3O2.